The number of carbonyl (C=O) groups excluding carboxylic acids is 1. The van der Waals surface area contributed by atoms with Crippen LogP contribution in [0.3, 0.4) is 0 Å². The molecule has 0 saturated carbocycles. The van der Waals surface area contributed by atoms with Gasteiger partial charge in [0.1, 0.15) is 0 Å². The molecule has 3 aromatic rings. The van der Waals surface area contributed by atoms with Crippen LogP contribution >= 0.6 is 12.2 Å². The van der Waals surface area contributed by atoms with E-state index in [1.807, 2.05) is 72.8 Å². The molecular weight excluding hydrogens is 390 g/mol. The van der Waals surface area contributed by atoms with Crippen LogP contribution in [0.5, 0.6) is 0 Å². The lowest BCUT2D eigenvalue weighted by Crippen LogP contribution is -2.45. The van der Waals surface area contributed by atoms with Crippen molar-refractivity contribution in [1.82, 2.24) is 10.9 Å². The number of thiocarbonyl (C=S) groups is 1. The molecule has 0 spiro atoms. The number of nitrogens with one attached hydrogen (secondary N) is 3. The maximum Gasteiger partial charge on any atom is 0.250 e. The number of amides is 1. The van der Waals surface area contributed by atoms with Crippen molar-refractivity contribution in [2.75, 3.05) is 5.32 Å². The molecule has 0 aliphatic rings. The second kappa shape index (κ2) is 11.1. The largest absolute Gasteiger partial charge is 0.331 e. The van der Waals surface area contributed by atoms with E-state index in [-0.39, 0.29) is 5.91 Å². The van der Waals surface area contributed by atoms with E-state index in [1.165, 1.54) is 18.4 Å². The molecule has 3 N–H and O–H groups in total. The number of rotatable bonds is 7. The standard InChI is InChI=1S/C25H27N3OS/c1-2-3-10-19-15-17-22(18-16-19)26-25(30)28-27-24(29)23(20-11-6-4-7-12-20)21-13-8-5-9-14-21/h4-9,11-18,23H,2-3,10H2,1H3,(H,27,29)(H2,26,28,30). The van der Waals surface area contributed by atoms with Gasteiger partial charge in [-0.3, -0.25) is 15.6 Å². The van der Waals surface area contributed by atoms with E-state index in [4.69, 9.17) is 12.2 Å². The molecule has 0 atom stereocenters. The van der Waals surface area contributed by atoms with Gasteiger partial charge in [-0.2, -0.15) is 0 Å². The van der Waals surface area contributed by atoms with Crippen LogP contribution in [-0.4, -0.2) is 11.0 Å². The summed E-state index contributed by atoms with van der Waals surface area (Å²) in [7, 11) is 0. The fourth-order valence-electron chi connectivity index (χ4n) is 3.27. The second-order valence-electron chi connectivity index (χ2n) is 7.12. The van der Waals surface area contributed by atoms with Crippen molar-refractivity contribution in [3.05, 3.63) is 102 Å². The normalized spacial score (nSPS) is 10.5. The van der Waals surface area contributed by atoms with Crippen molar-refractivity contribution in [3.63, 3.8) is 0 Å². The van der Waals surface area contributed by atoms with Crippen LogP contribution in [0.2, 0.25) is 0 Å². The Hall–Kier alpha value is -3.18. The maximum absolute atomic E-state index is 13.0. The fraction of sp³-hybridized carbons (Fsp3) is 0.200. The van der Waals surface area contributed by atoms with Crippen molar-refractivity contribution in [2.24, 2.45) is 0 Å². The van der Waals surface area contributed by atoms with Gasteiger partial charge in [0.05, 0.1) is 5.92 Å². The van der Waals surface area contributed by atoms with Gasteiger partial charge in [-0.05, 0) is 53.9 Å². The van der Waals surface area contributed by atoms with Crippen LogP contribution in [0.25, 0.3) is 0 Å². The number of hydrazine groups is 1. The van der Waals surface area contributed by atoms with Crippen molar-refractivity contribution >= 4 is 28.9 Å². The van der Waals surface area contributed by atoms with Crippen LogP contribution in [0.4, 0.5) is 5.69 Å². The molecule has 1 amide bonds. The van der Waals surface area contributed by atoms with Crippen molar-refractivity contribution in [2.45, 2.75) is 32.1 Å². The number of benzene rings is 3. The maximum atomic E-state index is 13.0. The molecule has 3 rings (SSSR count). The third kappa shape index (κ3) is 6.16. The first-order chi connectivity index (χ1) is 14.7. The Balaban J connectivity index is 1.60. The summed E-state index contributed by atoms with van der Waals surface area (Å²) in [4.78, 5) is 13.0. The molecule has 0 saturated heterocycles. The van der Waals surface area contributed by atoms with E-state index < -0.39 is 5.92 Å². The molecule has 0 aromatic heterocycles. The summed E-state index contributed by atoms with van der Waals surface area (Å²) in [5.74, 6) is -0.605. The van der Waals surface area contributed by atoms with E-state index in [0.717, 1.165) is 23.2 Å². The Morgan fingerprint density at radius 2 is 1.40 bits per heavy atom. The highest BCUT2D eigenvalue weighted by Crippen LogP contribution is 2.24. The SMILES string of the molecule is CCCCc1ccc(NC(=S)NNC(=O)C(c2ccccc2)c2ccccc2)cc1. The lowest BCUT2D eigenvalue weighted by atomic mass is 9.91. The number of hydrogen-bond donors (Lipinski definition) is 3. The first-order valence-corrected chi connectivity index (χ1v) is 10.6. The van der Waals surface area contributed by atoms with Gasteiger partial charge in [0.25, 0.3) is 0 Å². The van der Waals surface area contributed by atoms with Crippen LogP contribution < -0.4 is 16.2 Å². The van der Waals surface area contributed by atoms with Crippen molar-refractivity contribution in [3.8, 4) is 0 Å². The first-order valence-electron chi connectivity index (χ1n) is 10.2. The van der Waals surface area contributed by atoms with Gasteiger partial charge in [0.15, 0.2) is 5.11 Å². The van der Waals surface area contributed by atoms with E-state index in [0.29, 0.717) is 5.11 Å². The molecule has 0 fully saturated rings. The predicted molar refractivity (Wildman–Crippen MR) is 127 cm³/mol. The molecule has 154 valence electrons. The van der Waals surface area contributed by atoms with Gasteiger partial charge >= 0.3 is 0 Å². The zero-order chi connectivity index (χ0) is 21.2. The van der Waals surface area contributed by atoms with Crippen molar-refractivity contribution < 1.29 is 4.79 Å². The van der Waals surface area contributed by atoms with Gasteiger partial charge in [0, 0.05) is 5.69 Å². The van der Waals surface area contributed by atoms with Gasteiger partial charge in [-0.25, -0.2) is 0 Å². The molecular formula is C25H27N3OS. The van der Waals surface area contributed by atoms with Crippen LogP contribution in [0, 0.1) is 0 Å². The highest BCUT2D eigenvalue weighted by Gasteiger charge is 2.22. The molecule has 0 aliphatic carbocycles. The first kappa shape index (κ1) is 21.5. The van der Waals surface area contributed by atoms with Gasteiger partial charge in [-0.15, -0.1) is 0 Å². The Bertz CT molecular complexity index is 904. The number of hydrogen-bond acceptors (Lipinski definition) is 2. The predicted octanol–water partition coefficient (Wildman–Crippen LogP) is 5.18. The van der Waals surface area contributed by atoms with E-state index >= 15 is 0 Å². The van der Waals surface area contributed by atoms with Crippen LogP contribution in [-0.2, 0) is 11.2 Å². The monoisotopic (exact) mass is 417 g/mol. The Kier molecular flexibility index (Phi) is 7.98. The molecule has 4 nitrogen and oxygen atoms in total. The molecule has 5 heteroatoms. The van der Waals surface area contributed by atoms with Crippen molar-refractivity contribution in [1.29, 1.82) is 0 Å². The number of anilines is 1. The average molecular weight is 418 g/mol. The summed E-state index contributed by atoms with van der Waals surface area (Å²) >= 11 is 5.34. The summed E-state index contributed by atoms with van der Waals surface area (Å²) < 4.78 is 0. The third-order valence-corrected chi connectivity index (χ3v) is 5.06. The number of unbranched alkanes of at least 4 members (excludes halogenated alkanes) is 1. The van der Waals surface area contributed by atoms with E-state index in [2.05, 4.69) is 35.2 Å². The van der Waals surface area contributed by atoms with Gasteiger partial charge in [-0.1, -0.05) is 86.1 Å². The minimum atomic E-state index is -0.430. The molecule has 0 bridgehead atoms. The molecule has 3 aromatic carbocycles. The Morgan fingerprint density at radius 3 is 1.93 bits per heavy atom. The zero-order valence-electron chi connectivity index (χ0n) is 17.1. The fourth-order valence-corrected chi connectivity index (χ4v) is 3.44. The molecule has 0 unspecified atom stereocenters. The third-order valence-electron chi connectivity index (χ3n) is 4.86. The van der Waals surface area contributed by atoms with E-state index in [1.54, 1.807) is 0 Å². The summed E-state index contributed by atoms with van der Waals surface area (Å²) in [6, 6.07) is 27.6. The second-order valence-corrected chi connectivity index (χ2v) is 7.53. The minimum absolute atomic E-state index is 0.175. The van der Waals surface area contributed by atoms with Crippen LogP contribution in [0.1, 0.15) is 42.4 Å². The minimum Gasteiger partial charge on any atom is -0.331 e. The Labute approximate surface area is 183 Å². The van der Waals surface area contributed by atoms with Gasteiger partial charge in [0.2, 0.25) is 5.91 Å². The molecule has 0 radical (unpaired) electrons. The highest BCUT2D eigenvalue weighted by molar-refractivity contribution is 7.80. The summed E-state index contributed by atoms with van der Waals surface area (Å²) in [5, 5.41) is 3.44. The lowest BCUT2D eigenvalue weighted by molar-refractivity contribution is -0.122. The summed E-state index contributed by atoms with van der Waals surface area (Å²) in [6.45, 7) is 2.19. The highest BCUT2D eigenvalue weighted by atomic mass is 32.1. The molecule has 0 heterocycles. The molecule has 30 heavy (non-hydrogen) atoms. The molecule has 0 aliphatic heterocycles. The number of aryl methyl sites for hydroxylation is 1. The average Bonchev–Trinajstić information content (AvgIpc) is 2.79. The quantitative estimate of drug-likeness (QED) is 0.366. The topological polar surface area (TPSA) is 53.2 Å². The smallest absolute Gasteiger partial charge is 0.250 e. The van der Waals surface area contributed by atoms with Crippen LogP contribution in [0.15, 0.2) is 84.9 Å². The zero-order valence-corrected chi connectivity index (χ0v) is 17.9. The summed E-state index contributed by atoms with van der Waals surface area (Å²) in [6.07, 6.45) is 3.44. The number of carbonyl (C=O) groups is 1. The summed E-state index contributed by atoms with van der Waals surface area (Å²) in [5.41, 5.74) is 9.60. The van der Waals surface area contributed by atoms with Gasteiger partial charge < -0.3 is 5.32 Å². The Morgan fingerprint density at radius 1 is 0.833 bits per heavy atom. The lowest BCUT2D eigenvalue weighted by Gasteiger charge is -2.19. The van der Waals surface area contributed by atoms with E-state index in [9.17, 15) is 4.79 Å².